The second-order valence-electron chi connectivity index (χ2n) is 9.95. The monoisotopic (exact) mass is 551 g/mol. The molecule has 0 radical (unpaired) electrons. The molecule has 0 saturated heterocycles. The van der Waals surface area contributed by atoms with Gasteiger partial charge in [0, 0.05) is 22.3 Å². The van der Waals surface area contributed by atoms with E-state index in [1.165, 1.54) is 0 Å². The van der Waals surface area contributed by atoms with Crippen LogP contribution in [-0.4, -0.2) is 36.0 Å². The van der Waals surface area contributed by atoms with Gasteiger partial charge >= 0.3 is 7.40 Å². The fraction of sp³-hybridized carbons (Fsp3) is 0. The SMILES string of the molecule is FB(F)n1c(=Nc2ccc3cc(-n4cnc5ccccc54)ccc3n2)ccc2cc(-n3cnc4ccccc43)ccc21. The minimum atomic E-state index is -2.79. The molecule has 7 nitrogen and oxygen atoms in total. The van der Waals surface area contributed by atoms with Crippen LogP contribution < -0.4 is 5.49 Å². The number of hydrogen-bond acceptors (Lipinski definition) is 4. The van der Waals surface area contributed by atoms with Crippen LogP contribution in [0.15, 0.2) is 127 Å². The second kappa shape index (κ2) is 9.48. The van der Waals surface area contributed by atoms with Crippen molar-refractivity contribution in [3.05, 3.63) is 127 Å². The van der Waals surface area contributed by atoms with Crippen molar-refractivity contribution in [1.82, 2.24) is 28.6 Å². The largest absolute Gasteiger partial charge is 0.679 e. The Hall–Kier alpha value is -5.64. The summed E-state index contributed by atoms with van der Waals surface area (Å²) in [5.41, 5.74) is 6.72. The number of pyridine rings is 2. The van der Waals surface area contributed by atoms with Gasteiger partial charge in [-0.05, 0) is 90.3 Å². The molecule has 200 valence electrons. The molecular formula is C32H20BF2N7. The molecule has 0 aliphatic heterocycles. The molecule has 4 aromatic heterocycles. The van der Waals surface area contributed by atoms with E-state index in [0.29, 0.717) is 22.2 Å². The van der Waals surface area contributed by atoms with Crippen molar-refractivity contribution in [2.45, 2.75) is 0 Å². The zero-order valence-electron chi connectivity index (χ0n) is 22.0. The molecule has 42 heavy (non-hydrogen) atoms. The highest BCUT2D eigenvalue weighted by Gasteiger charge is 2.20. The van der Waals surface area contributed by atoms with Crippen LogP contribution in [0.4, 0.5) is 14.4 Å². The molecular weight excluding hydrogens is 531 g/mol. The molecule has 0 amide bonds. The average Bonchev–Trinajstić information content (AvgIpc) is 3.65. The lowest BCUT2D eigenvalue weighted by atomic mass is 10.1. The average molecular weight is 551 g/mol. The molecule has 0 spiro atoms. The van der Waals surface area contributed by atoms with Gasteiger partial charge in [-0.1, -0.05) is 24.3 Å². The topological polar surface area (TPSA) is 65.8 Å². The molecule has 0 atom stereocenters. The summed E-state index contributed by atoms with van der Waals surface area (Å²) in [6, 6.07) is 34.1. The molecule has 8 rings (SSSR count). The number of hydrogen-bond donors (Lipinski definition) is 0. The van der Waals surface area contributed by atoms with Crippen molar-refractivity contribution in [2.24, 2.45) is 4.99 Å². The molecule has 4 aromatic carbocycles. The van der Waals surface area contributed by atoms with Gasteiger partial charge in [-0.2, -0.15) is 0 Å². The van der Waals surface area contributed by atoms with E-state index in [1.54, 1.807) is 36.9 Å². The fourth-order valence-corrected chi connectivity index (χ4v) is 5.47. The van der Waals surface area contributed by atoms with E-state index < -0.39 is 7.40 Å². The molecule has 0 unspecified atom stereocenters. The van der Waals surface area contributed by atoms with Crippen molar-refractivity contribution in [3.63, 3.8) is 0 Å². The van der Waals surface area contributed by atoms with Crippen molar-refractivity contribution < 1.29 is 8.63 Å². The third-order valence-electron chi connectivity index (χ3n) is 7.48. The lowest BCUT2D eigenvalue weighted by Gasteiger charge is -2.12. The zero-order chi connectivity index (χ0) is 28.2. The van der Waals surface area contributed by atoms with Gasteiger partial charge in [0.2, 0.25) is 0 Å². The van der Waals surface area contributed by atoms with E-state index in [0.717, 1.165) is 43.3 Å². The van der Waals surface area contributed by atoms with Crippen LogP contribution in [0.5, 0.6) is 0 Å². The Labute approximate surface area is 237 Å². The summed E-state index contributed by atoms with van der Waals surface area (Å²) in [5, 5.41) is 1.57. The van der Waals surface area contributed by atoms with E-state index in [-0.39, 0.29) is 5.49 Å². The number of nitrogens with zero attached hydrogens (tertiary/aromatic N) is 7. The van der Waals surface area contributed by atoms with Crippen LogP contribution in [0.1, 0.15) is 0 Å². The normalized spacial score (nSPS) is 12.2. The highest BCUT2D eigenvalue weighted by Crippen LogP contribution is 2.25. The summed E-state index contributed by atoms with van der Waals surface area (Å²) in [7, 11) is -2.79. The first-order valence-corrected chi connectivity index (χ1v) is 13.4. The maximum atomic E-state index is 14.4. The molecule has 0 saturated carbocycles. The first-order chi connectivity index (χ1) is 20.6. The lowest BCUT2D eigenvalue weighted by molar-refractivity contribution is 0.627. The van der Waals surface area contributed by atoms with E-state index in [9.17, 15) is 8.63 Å². The number of rotatable bonds is 4. The van der Waals surface area contributed by atoms with Gasteiger partial charge in [0.1, 0.15) is 18.1 Å². The smallest absolute Gasteiger partial charge is 0.310 e. The van der Waals surface area contributed by atoms with Crippen molar-refractivity contribution >= 4 is 57.1 Å². The quantitative estimate of drug-likeness (QED) is 0.224. The maximum Gasteiger partial charge on any atom is 0.679 e. The van der Waals surface area contributed by atoms with Gasteiger partial charge in [-0.15, -0.1) is 0 Å². The Balaban J connectivity index is 1.19. The van der Waals surface area contributed by atoms with Crippen LogP contribution in [0.2, 0.25) is 0 Å². The number of benzene rings is 4. The number of imidazole rings is 2. The predicted octanol–water partition coefficient (Wildman–Crippen LogP) is 6.87. The standard InChI is InChI=1S/C32H20BF2N7/c34-33(35)42-28-14-12-24(41-20-37-27-6-2-4-8-30(27)41)18-22(28)10-16-32(42)39-31-15-9-21-17-23(11-13-25(21)38-31)40-19-36-26-5-1-3-7-29(26)40/h1-20H. The van der Waals surface area contributed by atoms with Crippen molar-refractivity contribution in [2.75, 3.05) is 0 Å². The minimum Gasteiger partial charge on any atom is -0.310 e. The number of para-hydroxylation sites is 4. The maximum absolute atomic E-state index is 14.4. The Bertz CT molecular complexity index is 2370. The van der Waals surface area contributed by atoms with Crippen molar-refractivity contribution in [3.8, 4) is 11.4 Å². The Morgan fingerprint density at radius 1 is 0.571 bits per heavy atom. The first kappa shape index (κ1) is 24.2. The molecule has 0 bridgehead atoms. The lowest BCUT2D eigenvalue weighted by Crippen LogP contribution is -2.29. The van der Waals surface area contributed by atoms with E-state index >= 15 is 0 Å². The molecule has 0 N–H and O–H groups in total. The molecule has 8 aromatic rings. The number of fused-ring (bicyclic) bond motifs is 4. The van der Waals surface area contributed by atoms with Gasteiger partial charge < -0.3 is 4.48 Å². The van der Waals surface area contributed by atoms with Gasteiger partial charge in [0.25, 0.3) is 0 Å². The number of aromatic nitrogens is 6. The number of halogens is 2. The van der Waals surface area contributed by atoms with Gasteiger partial charge in [-0.25, -0.2) is 19.9 Å². The van der Waals surface area contributed by atoms with Crippen LogP contribution in [0, 0.1) is 0 Å². The van der Waals surface area contributed by atoms with E-state index in [4.69, 9.17) is 0 Å². The van der Waals surface area contributed by atoms with Crippen LogP contribution in [-0.2, 0) is 0 Å². The molecule has 0 aliphatic rings. The minimum absolute atomic E-state index is 0.117. The summed E-state index contributed by atoms with van der Waals surface area (Å²) in [4.78, 5) is 18.1. The Morgan fingerprint density at radius 2 is 1.19 bits per heavy atom. The molecule has 0 fully saturated rings. The van der Waals surface area contributed by atoms with Gasteiger partial charge in [-0.3, -0.25) is 17.8 Å². The van der Waals surface area contributed by atoms with E-state index in [2.05, 4.69) is 19.9 Å². The summed E-state index contributed by atoms with van der Waals surface area (Å²) in [5.74, 6) is 0.346. The van der Waals surface area contributed by atoms with Gasteiger partial charge in [0.15, 0.2) is 5.82 Å². The second-order valence-corrected chi connectivity index (χ2v) is 9.95. The summed E-state index contributed by atoms with van der Waals surface area (Å²) in [6.45, 7) is 0. The zero-order valence-corrected chi connectivity index (χ0v) is 22.0. The third kappa shape index (κ3) is 3.95. The van der Waals surface area contributed by atoms with Crippen LogP contribution in [0.25, 0.3) is 55.2 Å². The first-order valence-electron chi connectivity index (χ1n) is 13.4. The van der Waals surface area contributed by atoms with Crippen LogP contribution >= 0.6 is 0 Å². The molecule has 4 heterocycles. The van der Waals surface area contributed by atoms with Crippen molar-refractivity contribution in [1.29, 1.82) is 0 Å². The summed E-state index contributed by atoms with van der Waals surface area (Å²) in [6.07, 6.45) is 3.54. The Kier molecular flexibility index (Phi) is 5.46. The summed E-state index contributed by atoms with van der Waals surface area (Å²) >= 11 is 0. The highest BCUT2D eigenvalue weighted by atomic mass is 19.2. The predicted molar refractivity (Wildman–Crippen MR) is 162 cm³/mol. The van der Waals surface area contributed by atoms with Gasteiger partial charge in [0.05, 0.1) is 27.6 Å². The summed E-state index contributed by atoms with van der Waals surface area (Å²) < 4.78 is 33.8. The molecule has 10 heteroatoms. The molecule has 0 aliphatic carbocycles. The van der Waals surface area contributed by atoms with Crippen LogP contribution in [0.3, 0.4) is 0 Å². The Morgan fingerprint density at radius 3 is 1.88 bits per heavy atom. The van der Waals surface area contributed by atoms with E-state index in [1.807, 2.05) is 94.1 Å². The third-order valence-corrected chi connectivity index (χ3v) is 7.48. The highest BCUT2D eigenvalue weighted by molar-refractivity contribution is 6.42. The fourth-order valence-electron chi connectivity index (χ4n) is 5.47.